The Labute approximate surface area is 117 Å². The molecule has 1 atom stereocenters. The van der Waals surface area contributed by atoms with Gasteiger partial charge in [-0.15, -0.1) is 11.3 Å². The van der Waals surface area contributed by atoms with E-state index in [0.29, 0.717) is 17.3 Å². The quantitative estimate of drug-likeness (QED) is 0.908. The fraction of sp³-hybridized carbons (Fsp3) is 0.167. The molecule has 1 unspecified atom stereocenters. The number of hydrogen-bond acceptors (Lipinski definition) is 3. The first-order chi connectivity index (χ1) is 8.20. The normalized spacial score (nSPS) is 12.4. The van der Waals surface area contributed by atoms with Gasteiger partial charge in [-0.1, -0.05) is 23.7 Å². The zero-order valence-corrected chi connectivity index (χ0v) is 12.1. The number of para-hydroxylation sites is 1. The molecule has 0 radical (unpaired) electrons. The lowest BCUT2D eigenvalue weighted by molar-refractivity contribution is 0.218. The van der Waals surface area contributed by atoms with E-state index in [1.54, 1.807) is 17.4 Å². The van der Waals surface area contributed by atoms with E-state index in [1.807, 2.05) is 30.3 Å². The van der Waals surface area contributed by atoms with Crippen molar-refractivity contribution in [1.82, 2.24) is 0 Å². The van der Waals surface area contributed by atoms with Crippen LogP contribution in [-0.2, 0) is 0 Å². The number of nitrogens with two attached hydrogens (primary N) is 1. The second-order valence-electron chi connectivity index (χ2n) is 3.41. The molecule has 0 bridgehead atoms. The number of ether oxygens (including phenoxy) is 1. The van der Waals surface area contributed by atoms with E-state index in [-0.39, 0.29) is 6.10 Å². The summed E-state index contributed by atoms with van der Waals surface area (Å²) in [6.45, 7) is 0.415. The first-order valence-corrected chi connectivity index (χ1v) is 7.06. The molecule has 0 saturated carbocycles. The van der Waals surface area contributed by atoms with Gasteiger partial charge in [0.2, 0.25) is 0 Å². The fourth-order valence-electron chi connectivity index (χ4n) is 1.42. The maximum atomic E-state index is 6.05. The van der Waals surface area contributed by atoms with Gasteiger partial charge in [0.05, 0.1) is 8.81 Å². The Bertz CT molecular complexity index is 503. The van der Waals surface area contributed by atoms with Crippen LogP contribution in [0.15, 0.2) is 40.2 Å². The van der Waals surface area contributed by atoms with Crippen LogP contribution in [0.5, 0.6) is 5.75 Å². The van der Waals surface area contributed by atoms with Gasteiger partial charge >= 0.3 is 0 Å². The van der Waals surface area contributed by atoms with Crippen molar-refractivity contribution in [2.75, 3.05) is 6.54 Å². The fourth-order valence-corrected chi connectivity index (χ4v) is 3.06. The molecule has 1 aromatic heterocycles. The van der Waals surface area contributed by atoms with Gasteiger partial charge in [0.1, 0.15) is 11.9 Å². The number of rotatable bonds is 4. The number of thiophene rings is 1. The van der Waals surface area contributed by atoms with E-state index in [0.717, 1.165) is 8.66 Å². The lowest BCUT2D eigenvalue weighted by Crippen LogP contribution is -2.17. The molecule has 2 nitrogen and oxygen atoms in total. The molecule has 2 N–H and O–H groups in total. The van der Waals surface area contributed by atoms with Gasteiger partial charge < -0.3 is 10.5 Å². The van der Waals surface area contributed by atoms with Crippen molar-refractivity contribution in [3.8, 4) is 5.75 Å². The van der Waals surface area contributed by atoms with Crippen molar-refractivity contribution in [3.63, 3.8) is 0 Å². The SMILES string of the molecule is NCC(Oc1ccccc1Cl)c1ccc(Br)s1. The average molecular weight is 333 g/mol. The predicted molar refractivity (Wildman–Crippen MR) is 75.9 cm³/mol. The van der Waals surface area contributed by atoms with E-state index in [4.69, 9.17) is 22.1 Å². The molecule has 0 aliphatic heterocycles. The summed E-state index contributed by atoms with van der Waals surface area (Å²) in [6, 6.07) is 11.4. The average Bonchev–Trinajstić information content (AvgIpc) is 2.75. The topological polar surface area (TPSA) is 35.2 Å². The van der Waals surface area contributed by atoms with Crippen LogP contribution >= 0.6 is 38.9 Å². The molecule has 0 fully saturated rings. The summed E-state index contributed by atoms with van der Waals surface area (Å²) in [5.74, 6) is 0.661. The highest BCUT2D eigenvalue weighted by Gasteiger charge is 2.15. The second kappa shape index (κ2) is 5.87. The summed E-state index contributed by atoms with van der Waals surface area (Å²) in [4.78, 5) is 1.08. The van der Waals surface area contributed by atoms with E-state index in [2.05, 4.69) is 15.9 Å². The van der Waals surface area contributed by atoms with Crippen LogP contribution < -0.4 is 10.5 Å². The van der Waals surface area contributed by atoms with Gasteiger partial charge in [-0.25, -0.2) is 0 Å². The minimum atomic E-state index is -0.161. The molecule has 0 aliphatic rings. The van der Waals surface area contributed by atoms with Crippen molar-refractivity contribution in [2.45, 2.75) is 6.10 Å². The van der Waals surface area contributed by atoms with Crippen LogP contribution in [0.4, 0.5) is 0 Å². The van der Waals surface area contributed by atoms with Crippen molar-refractivity contribution in [2.24, 2.45) is 5.73 Å². The summed E-state index contributed by atoms with van der Waals surface area (Å²) in [5, 5.41) is 0.599. The largest absolute Gasteiger partial charge is 0.482 e. The molecule has 0 aliphatic carbocycles. The van der Waals surface area contributed by atoms with Crippen molar-refractivity contribution < 1.29 is 4.74 Å². The summed E-state index contributed by atoms with van der Waals surface area (Å²) in [6.07, 6.45) is -0.161. The molecule has 17 heavy (non-hydrogen) atoms. The second-order valence-corrected chi connectivity index (χ2v) is 6.32. The Kier molecular flexibility index (Phi) is 4.45. The molecule has 1 aromatic carbocycles. The minimum Gasteiger partial charge on any atom is -0.482 e. The van der Waals surface area contributed by atoms with Gasteiger partial charge in [0, 0.05) is 11.4 Å². The predicted octanol–water partition coefficient (Wildman–Crippen LogP) is 4.24. The molecule has 0 amide bonds. The molecule has 0 saturated heterocycles. The zero-order valence-electron chi connectivity index (χ0n) is 8.90. The van der Waals surface area contributed by atoms with Gasteiger partial charge in [-0.2, -0.15) is 0 Å². The molecule has 1 heterocycles. The van der Waals surface area contributed by atoms with Crippen LogP contribution in [0, 0.1) is 0 Å². The third-order valence-electron chi connectivity index (χ3n) is 2.23. The lowest BCUT2D eigenvalue weighted by Gasteiger charge is -2.16. The summed E-state index contributed by atoms with van der Waals surface area (Å²) >= 11 is 11.1. The third kappa shape index (κ3) is 3.22. The number of benzene rings is 1. The first kappa shape index (κ1) is 12.9. The van der Waals surface area contributed by atoms with Crippen LogP contribution in [0.2, 0.25) is 5.02 Å². The van der Waals surface area contributed by atoms with E-state index >= 15 is 0 Å². The Balaban J connectivity index is 2.18. The highest BCUT2D eigenvalue weighted by atomic mass is 79.9. The monoisotopic (exact) mass is 331 g/mol. The van der Waals surface area contributed by atoms with Crippen LogP contribution in [0.1, 0.15) is 11.0 Å². The van der Waals surface area contributed by atoms with Gasteiger partial charge in [0.15, 0.2) is 0 Å². The first-order valence-electron chi connectivity index (χ1n) is 5.07. The van der Waals surface area contributed by atoms with E-state index in [9.17, 15) is 0 Å². The molecular weight excluding hydrogens is 322 g/mol. The summed E-state index contributed by atoms with van der Waals surface area (Å²) < 4.78 is 6.89. The molecule has 5 heteroatoms. The highest BCUT2D eigenvalue weighted by Crippen LogP contribution is 2.32. The number of hydrogen-bond donors (Lipinski definition) is 1. The molecule has 90 valence electrons. The minimum absolute atomic E-state index is 0.161. The van der Waals surface area contributed by atoms with Crippen LogP contribution in [-0.4, -0.2) is 6.54 Å². The molecule has 0 spiro atoms. The maximum Gasteiger partial charge on any atom is 0.145 e. The Morgan fingerprint density at radius 1 is 1.29 bits per heavy atom. The standard InChI is InChI=1S/C12H11BrClNOS/c13-12-6-5-11(17-12)10(7-15)16-9-4-2-1-3-8(9)14/h1-6,10H,7,15H2. The molecule has 2 rings (SSSR count). The Hall–Kier alpha value is -0.550. The maximum absolute atomic E-state index is 6.05. The Morgan fingerprint density at radius 3 is 2.65 bits per heavy atom. The smallest absolute Gasteiger partial charge is 0.145 e. The van der Waals surface area contributed by atoms with Crippen molar-refractivity contribution in [3.05, 3.63) is 50.1 Å². The lowest BCUT2D eigenvalue weighted by atomic mass is 10.3. The molecule has 2 aromatic rings. The highest BCUT2D eigenvalue weighted by molar-refractivity contribution is 9.11. The van der Waals surface area contributed by atoms with Crippen LogP contribution in [0.25, 0.3) is 0 Å². The van der Waals surface area contributed by atoms with Crippen molar-refractivity contribution in [1.29, 1.82) is 0 Å². The summed E-state index contributed by atoms with van der Waals surface area (Å²) in [7, 11) is 0. The summed E-state index contributed by atoms with van der Waals surface area (Å²) in [5.41, 5.74) is 5.74. The third-order valence-corrected chi connectivity index (χ3v) is 4.26. The van der Waals surface area contributed by atoms with Gasteiger partial charge in [-0.3, -0.25) is 0 Å². The van der Waals surface area contributed by atoms with Gasteiger partial charge in [-0.05, 0) is 40.2 Å². The Morgan fingerprint density at radius 2 is 2.06 bits per heavy atom. The molecular formula is C12H11BrClNOS. The van der Waals surface area contributed by atoms with E-state index < -0.39 is 0 Å². The van der Waals surface area contributed by atoms with E-state index in [1.165, 1.54) is 0 Å². The van der Waals surface area contributed by atoms with Gasteiger partial charge in [0.25, 0.3) is 0 Å². The van der Waals surface area contributed by atoms with Crippen LogP contribution in [0.3, 0.4) is 0 Å². The van der Waals surface area contributed by atoms with Crippen molar-refractivity contribution >= 4 is 38.9 Å². The zero-order chi connectivity index (χ0) is 12.3. The number of halogens is 2.